The van der Waals surface area contributed by atoms with Gasteiger partial charge in [0.05, 0.1) is 26.3 Å². The summed E-state index contributed by atoms with van der Waals surface area (Å²) < 4.78 is 12.6. The van der Waals surface area contributed by atoms with Crippen molar-refractivity contribution in [1.29, 1.82) is 0 Å². The molecule has 142 valence electrons. The summed E-state index contributed by atoms with van der Waals surface area (Å²) in [7, 11) is 3.31. The third kappa shape index (κ3) is 3.71. The fourth-order valence-corrected chi connectivity index (χ4v) is 3.38. The van der Waals surface area contributed by atoms with Gasteiger partial charge in [-0.3, -0.25) is 9.30 Å². The second-order valence-electron chi connectivity index (χ2n) is 6.58. The van der Waals surface area contributed by atoms with Gasteiger partial charge in [-0.1, -0.05) is 24.0 Å². The maximum Gasteiger partial charge on any atom is 0.176 e. The second-order valence-corrected chi connectivity index (χ2v) is 6.58. The van der Waals surface area contributed by atoms with Gasteiger partial charge in [0.1, 0.15) is 6.33 Å². The van der Waals surface area contributed by atoms with Gasteiger partial charge in [0.15, 0.2) is 17.1 Å². The Hall–Kier alpha value is -3.30. The summed E-state index contributed by atoms with van der Waals surface area (Å²) in [4.78, 5) is 2.35. The number of hydrogen-bond acceptors (Lipinski definition) is 5. The zero-order chi connectivity index (χ0) is 19.3. The average molecular weight is 374 g/mol. The van der Waals surface area contributed by atoms with Crippen LogP contribution >= 0.6 is 0 Å². The Kier molecular flexibility index (Phi) is 5.27. The molecule has 0 fully saturated rings. The Bertz CT molecular complexity index is 1070. The van der Waals surface area contributed by atoms with Crippen molar-refractivity contribution in [2.75, 3.05) is 33.9 Å². The van der Waals surface area contributed by atoms with Gasteiger partial charge < -0.3 is 9.47 Å². The van der Waals surface area contributed by atoms with Crippen LogP contribution in [-0.4, -0.2) is 53.4 Å². The third-order valence-corrected chi connectivity index (χ3v) is 4.83. The summed E-state index contributed by atoms with van der Waals surface area (Å²) in [5.74, 6) is 8.02. The zero-order valence-corrected chi connectivity index (χ0v) is 16.1. The van der Waals surface area contributed by atoms with Crippen molar-refractivity contribution in [2.24, 2.45) is 0 Å². The lowest BCUT2D eigenvalue weighted by atomic mass is 10.0. The molecule has 3 heterocycles. The van der Waals surface area contributed by atoms with Gasteiger partial charge in [0.2, 0.25) is 0 Å². The number of benzene rings is 1. The number of rotatable bonds is 4. The molecule has 0 saturated carbocycles. The molecule has 4 rings (SSSR count). The van der Waals surface area contributed by atoms with Crippen molar-refractivity contribution >= 4 is 11.2 Å². The molecule has 3 aromatic rings. The number of ether oxygens (including phenoxy) is 2. The first-order valence-electron chi connectivity index (χ1n) is 9.19. The van der Waals surface area contributed by atoms with Crippen molar-refractivity contribution in [1.82, 2.24) is 19.5 Å². The predicted octanol–water partition coefficient (Wildman–Crippen LogP) is 2.89. The van der Waals surface area contributed by atoms with Crippen LogP contribution in [0.3, 0.4) is 0 Å². The summed E-state index contributed by atoms with van der Waals surface area (Å²) in [6.45, 7) is 2.57. The second kappa shape index (κ2) is 8.15. The number of fused-ring (bicyclic) bond motifs is 1. The number of methoxy groups -OCH3 is 2. The first-order valence-corrected chi connectivity index (χ1v) is 9.19. The Morgan fingerprint density at radius 1 is 1.14 bits per heavy atom. The molecule has 0 N–H and O–H groups in total. The maximum atomic E-state index is 5.44. The van der Waals surface area contributed by atoms with Gasteiger partial charge in [-0.2, -0.15) is 0 Å². The number of pyridine rings is 1. The predicted molar refractivity (Wildman–Crippen MR) is 108 cm³/mol. The van der Waals surface area contributed by atoms with E-state index < -0.39 is 0 Å². The highest BCUT2D eigenvalue weighted by Crippen LogP contribution is 2.31. The van der Waals surface area contributed by atoms with E-state index in [9.17, 15) is 0 Å². The SMILES string of the molecule is COc1ccc(C2=CCCN(CC#Cc3cccn4cnnc34)C2)cc1OC. The molecule has 0 bridgehead atoms. The topological polar surface area (TPSA) is 51.9 Å². The largest absolute Gasteiger partial charge is 0.493 e. The fraction of sp³-hybridized carbons (Fsp3) is 0.273. The summed E-state index contributed by atoms with van der Waals surface area (Å²) in [5.41, 5.74) is 4.13. The average Bonchev–Trinajstić information content (AvgIpc) is 3.23. The van der Waals surface area contributed by atoms with Crippen molar-refractivity contribution in [3.63, 3.8) is 0 Å². The van der Waals surface area contributed by atoms with E-state index in [1.807, 2.05) is 34.9 Å². The summed E-state index contributed by atoms with van der Waals surface area (Å²) in [6.07, 6.45) is 6.91. The van der Waals surface area contributed by atoms with Crippen LogP contribution in [-0.2, 0) is 0 Å². The lowest BCUT2D eigenvalue weighted by Crippen LogP contribution is -2.29. The lowest BCUT2D eigenvalue weighted by Gasteiger charge is -2.25. The van der Waals surface area contributed by atoms with Crippen LogP contribution in [0.2, 0.25) is 0 Å². The van der Waals surface area contributed by atoms with Crippen LogP contribution in [0.4, 0.5) is 0 Å². The molecule has 1 aliphatic rings. The standard InChI is InChI=1S/C22H22N4O2/c1-27-20-10-9-18(14-21(20)28-2)19-8-4-12-25(15-19)11-3-6-17-7-5-13-26-16-23-24-22(17)26/h5,7-10,13-14,16H,4,11-12,15H2,1-2H3. The number of hydrogen-bond donors (Lipinski definition) is 0. The quantitative estimate of drug-likeness (QED) is 0.658. The Balaban J connectivity index is 1.46. The molecule has 2 aromatic heterocycles. The minimum atomic E-state index is 0.708. The molecule has 0 unspecified atom stereocenters. The minimum absolute atomic E-state index is 0.708. The van der Waals surface area contributed by atoms with Crippen LogP contribution in [0.5, 0.6) is 11.5 Å². The smallest absolute Gasteiger partial charge is 0.176 e. The van der Waals surface area contributed by atoms with Gasteiger partial charge in [-0.15, -0.1) is 10.2 Å². The van der Waals surface area contributed by atoms with Crippen LogP contribution in [0, 0.1) is 11.8 Å². The number of nitrogens with zero attached hydrogens (tertiary/aromatic N) is 4. The molecule has 1 aliphatic heterocycles. The fourth-order valence-electron chi connectivity index (χ4n) is 3.38. The van der Waals surface area contributed by atoms with Crippen molar-refractivity contribution < 1.29 is 9.47 Å². The van der Waals surface area contributed by atoms with E-state index in [0.717, 1.165) is 47.8 Å². The highest BCUT2D eigenvalue weighted by atomic mass is 16.5. The van der Waals surface area contributed by atoms with E-state index in [4.69, 9.17) is 9.47 Å². The molecule has 1 aromatic carbocycles. The molecule has 0 saturated heterocycles. The van der Waals surface area contributed by atoms with Crippen molar-refractivity contribution in [3.05, 3.63) is 60.1 Å². The van der Waals surface area contributed by atoms with Crippen LogP contribution in [0.1, 0.15) is 17.5 Å². The van der Waals surface area contributed by atoms with Gasteiger partial charge >= 0.3 is 0 Å². The van der Waals surface area contributed by atoms with Crippen LogP contribution < -0.4 is 9.47 Å². The summed E-state index contributed by atoms with van der Waals surface area (Å²) in [5, 5.41) is 8.07. The Labute approximate surface area is 164 Å². The molecule has 0 radical (unpaired) electrons. The summed E-state index contributed by atoms with van der Waals surface area (Å²) >= 11 is 0. The normalized spacial score (nSPS) is 14.3. The van der Waals surface area contributed by atoms with Gasteiger partial charge in [0, 0.05) is 19.3 Å². The minimum Gasteiger partial charge on any atom is -0.493 e. The molecule has 28 heavy (non-hydrogen) atoms. The number of aromatic nitrogens is 3. The van der Waals surface area contributed by atoms with E-state index in [0.29, 0.717) is 6.54 Å². The van der Waals surface area contributed by atoms with Gasteiger partial charge in [-0.05, 0) is 41.8 Å². The molecule has 6 heteroatoms. The van der Waals surface area contributed by atoms with Gasteiger partial charge in [0.25, 0.3) is 0 Å². The van der Waals surface area contributed by atoms with E-state index >= 15 is 0 Å². The molecule has 6 nitrogen and oxygen atoms in total. The third-order valence-electron chi connectivity index (χ3n) is 4.83. The maximum absolute atomic E-state index is 5.44. The highest BCUT2D eigenvalue weighted by molar-refractivity contribution is 5.70. The zero-order valence-electron chi connectivity index (χ0n) is 16.1. The van der Waals surface area contributed by atoms with Gasteiger partial charge in [-0.25, -0.2) is 0 Å². The summed E-state index contributed by atoms with van der Waals surface area (Å²) in [6, 6.07) is 9.99. The molecule has 0 amide bonds. The molecule has 0 atom stereocenters. The van der Waals surface area contributed by atoms with E-state index in [1.165, 1.54) is 5.57 Å². The first kappa shape index (κ1) is 18.1. The molecule has 0 spiro atoms. The van der Waals surface area contributed by atoms with E-state index in [2.05, 4.69) is 39.1 Å². The Morgan fingerprint density at radius 2 is 2.04 bits per heavy atom. The van der Waals surface area contributed by atoms with E-state index in [1.54, 1.807) is 20.5 Å². The Morgan fingerprint density at radius 3 is 2.89 bits per heavy atom. The van der Waals surface area contributed by atoms with Crippen LogP contribution in [0.15, 0.2) is 48.9 Å². The molecular weight excluding hydrogens is 352 g/mol. The van der Waals surface area contributed by atoms with E-state index in [-0.39, 0.29) is 0 Å². The monoisotopic (exact) mass is 374 g/mol. The first-order chi connectivity index (χ1) is 13.8. The lowest BCUT2D eigenvalue weighted by molar-refractivity contribution is 0.342. The molecular formula is C22H22N4O2. The van der Waals surface area contributed by atoms with Crippen molar-refractivity contribution in [2.45, 2.75) is 6.42 Å². The molecule has 0 aliphatic carbocycles. The van der Waals surface area contributed by atoms with Crippen LogP contribution in [0.25, 0.3) is 11.2 Å². The highest BCUT2D eigenvalue weighted by Gasteiger charge is 2.15. The van der Waals surface area contributed by atoms with Crippen molar-refractivity contribution in [3.8, 4) is 23.3 Å².